The van der Waals surface area contributed by atoms with Gasteiger partial charge in [0.25, 0.3) is 0 Å². The molecule has 18 heavy (non-hydrogen) atoms. The van der Waals surface area contributed by atoms with Gasteiger partial charge in [0.05, 0.1) is 0 Å². The third-order valence-corrected chi connectivity index (χ3v) is 3.73. The van der Waals surface area contributed by atoms with E-state index >= 15 is 0 Å². The van der Waals surface area contributed by atoms with Crippen LogP contribution in [0.15, 0.2) is 6.33 Å². The molecule has 0 amide bonds. The van der Waals surface area contributed by atoms with Gasteiger partial charge in [-0.05, 0) is 32.6 Å². The molecular formula is C14H24N4. The first kappa shape index (κ1) is 13.1. The van der Waals surface area contributed by atoms with Crippen LogP contribution in [0.2, 0.25) is 0 Å². The predicted octanol–water partition coefficient (Wildman–Crippen LogP) is 2.85. The molecule has 2 rings (SSSR count). The molecule has 4 nitrogen and oxygen atoms in total. The summed E-state index contributed by atoms with van der Waals surface area (Å²) in [6.07, 6.45) is 7.72. The van der Waals surface area contributed by atoms with Gasteiger partial charge in [-0.1, -0.05) is 13.3 Å². The number of rotatable bonds is 4. The molecule has 1 N–H and O–H groups in total. The van der Waals surface area contributed by atoms with Crippen LogP contribution in [0.1, 0.15) is 45.1 Å². The maximum absolute atomic E-state index is 4.55. The zero-order chi connectivity index (χ0) is 13.0. The number of piperidine rings is 1. The summed E-state index contributed by atoms with van der Waals surface area (Å²) in [4.78, 5) is 11.4. The molecule has 100 valence electrons. The second-order valence-electron chi connectivity index (χ2n) is 5.06. The van der Waals surface area contributed by atoms with E-state index in [1.807, 2.05) is 7.05 Å². The number of aromatic nitrogens is 2. The zero-order valence-corrected chi connectivity index (χ0v) is 11.7. The first-order chi connectivity index (χ1) is 8.77. The molecule has 1 aromatic heterocycles. The van der Waals surface area contributed by atoms with Crippen molar-refractivity contribution in [1.29, 1.82) is 0 Å². The quantitative estimate of drug-likeness (QED) is 0.889. The van der Waals surface area contributed by atoms with Crippen LogP contribution < -0.4 is 10.2 Å². The van der Waals surface area contributed by atoms with E-state index in [1.54, 1.807) is 6.33 Å². The summed E-state index contributed by atoms with van der Waals surface area (Å²) < 4.78 is 0. The highest BCUT2D eigenvalue weighted by Gasteiger charge is 2.23. The Morgan fingerprint density at radius 2 is 2.22 bits per heavy atom. The minimum Gasteiger partial charge on any atom is -0.373 e. The zero-order valence-electron chi connectivity index (χ0n) is 11.7. The molecule has 1 unspecified atom stereocenters. The number of nitrogens with zero attached hydrogens (tertiary/aromatic N) is 3. The van der Waals surface area contributed by atoms with Gasteiger partial charge >= 0.3 is 0 Å². The molecule has 1 atom stereocenters. The van der Waals surface area contributed by atoms with Gasteiger partial charge in [0.15, 0.2) is 0 Å². The van der Waals surface area contributed by atoms with Crippen LogP contribution in [0, 0.1) is 0 Å². The molecule has 0 radical (unpaired) electrons. The van der Waals surface area contributed by atoms with E-state index in [2.05, 4.69) is 34.0 Å². The normalized spacial score (nSPS) is 19.9. The molecule has 1 aliphatic heterocycles. The van der Waals surface area contributed by atoms with Crippen molar-refractivity contribution < 1.29 is 0 Å². The third kappa shape index (κ3) is 2.57. The van der Waals surface area contributed by atoms with Crippen molar-refractivity contribution in [3.05, 3.63) is 11.9 Å². The van der Waals surface area contributed by atoms with E-state index < -0.39 is 0 Å². The number of hydrogen-bond acceptors (Lipinski definition) is 4. The summed E-state index contributed by atoms with van der Waals surface area (Å²) in [7, 11) is 1.94. The fourth-order valence-corrected chi connectivity index (χ4v) is 2.76. The lowest BCUT2D eigenvalue weighted by atomic mass is 10.0. The van der Waals surface area contributed by atoms with Crippen molar-refractivity contribution in [2.24, 2.45) is 0 Å². The average molecular weight is 248 g/mol. The minimum absolute atomic E-state index is 0.592. The van der Waals surface area contributed by atoms with Gasteiger partial charge < -0.3 is 10.2 Å². The Balaban J connectivity index is 2.35. The summed E-state index contributed by atoms with van der Waals surface area (Å²) in [5, 5.41) is 3.20. The van der Waals surface area contributed by atoms with Crippen LogP contribution >= 0.6 is 0 Å². The summed E-state index contributed by atoms with van der Waals surface area (Å²) >= 11 is 0. The van der Waals surface area contributed by atoms with Crippen molar-refractivity contribution in [3.63, 3.8) is 0 Å². The highest BCUT2D eigenvalue weighted by atomic mass is 15.2. The third-order valence-electron chi connectivity index (χ3n) is 3.73. The lowest BCUT2D eigenvalue weighted by Gasteiger charge is -2.35. The van der Waals surface area contributed by atoms with Gasteiger partial charge in [-0.3, -0.25) is 0 Å². The van der Waals surface area contributed by atoms with Crippen LogP contribution in [0.4, 0.5) is 11.6 Å². The predicted molar refractivity (Wildman–Crippen MR) is 76.2 cm³/mol. The number of anilines is 2. The Kier molecular flexibility index (Phi) is 4.39. The lowest BCUT2D eigenvalue weighted by molar-refractivity contribution is 0.479. The number of nitrogens with one attached hydrogen (secondary N) is 1. The monoisotopic (exact) mass is 248 g/mol. The summed E-state index contributed by atoms with van der Waals surface area (Å²) in [6.45, 7) is 5.63. The van der Waals surface area contributed by atoms with E-state index in [9.17, 15) is 0 Å². The Labute approximate surface area is 110 Å². The van der Waals surface area contributed by atoms with Crippen LogP contribution in [-0.2, 0) is 6.42 Å². The Morgan fingerprint density at radius 1 is 1.39 bits per heavy atom. The Morgan fingerprint density at radius 3 is 2.89 bits per heavy atom. The first-order valence-corrected chi connectivity index (χ1v) is 7.06. The Bertz CT molecular complexity index is 391. The Hall–Kier alpha value is -1.32. The molecule has 0 spiro atoms. The molecule has 0 bridgehead atoms. The van der Waals surface area contributed by atoms with E-state index in [4.69, 9.17) is 0 Å². The second-order valence-corrected chi connectivity index (χ2v) is 5.06. The van der Waals surface area contributed by atoms with E-state index in [1.165, 1.54) is 24.8 Å². The molecule has 1 aromatic rings. The van der Waals surface area contributed by atoms with Crippen LogP contribution in [0.25, 0.3) is 0 Å². The van der Waals surface area contributed by atoms with Crippen molar-refractivity contribution >= 4 is 11.6 Å². The van der Waals surface area contributed by atoms with Crippen molar-refractivity contribution in [2.45, 2.75) is 52.0 Å². The van der Waals surface area contributed by atoms with Crippen LogP contribution in [0.3, 0.4) is 0 Å². The molecule has 0 saturated carbocycles. The summed E-state index contributed by atoms with van der Waals surface area (Å²) in [5.74, 6) is 2.13. The SMILES string of the molecule is CCCc1c(NC)ncnc1N1CCCCC1C. The largest absolute Gasteiger partial charge is 0.373 e. The molecule has 1 fully saturated rings. The van der Waals surface area contributed by atoms with Gasteiger partial charge in [-0.15, -0.1) is 0 Å². The molecule has 0 aliphatic carbocycles. The topological polar surface area (TPSA) is 41.1 Å². The highest BCUT2D eigenvalue weighted by molar-refractivity contribution is 5.59. The lowest BCUT2D eigenvalue weighted by Crippen LogP contribution is -2.38. The van der Waals surface area contributed by atoms with E-state index in [0.717, 1.165) is 31.0 Å². The molecule has 4 heteroatoms. The molecule has 2 heterocycles. The standard InChI is InChI=1S/C14H24N4/c1-4-7-12-13(15-3)16-10-17-14(12)18-9-6-5-8-11(18)2/h10-11H,4-9H2,1-3H3,(H,15,16,17). The maximum Gasteiger partial charge on any atom is 0.137 e. The molecular weight excluding hydrogens is 224 g/mol. The average Bonchev–Trinajstić information content (AvgIpc) is 2.40. The van der Waals surface area contributed by atoms with Crippen LogP contribution in [-0.4, -0.2) is 29.6 Å². The van der Waals surface area contributed by atoms with Gasteiger partial charge in [-0.2, -0.15) is 0 Å². The molecule has 1 saturated heterocycles. The summed E-state index contributed by atoms with van der Waals surface area (Å²) in [6, 6.07) is 0.592. The van der Waals surface area contributed by atoms with Crippen molar-refractivity contribution in [1.82, 2.24) is 9.97 Å². The molecule has 1 aliphatic rings. The van der Waals surface area contributed by atoms with Crippen molar-refractivity contribution in [2.75, 3.05) is 23.8 Å². The second kappa shape index (κ2) is 6.03. The molecule has 0 aromatic carbocycles. The minimum atomic E-state index is 0.592. The van der Waals surface area contributed by atoms with Gasteiger partial charge in [0.2, 0.25) is 0 Å². The fourth-order valence-electron chi connectivity index (χ4n) is 2.76. The van der Waals surface area contributed by atoms with Crippen LogP contribution in [0.5, 0.6) is 0 Å². The van der Waals surface area contributed by atoms with Gasteiger partial charge in [-0.25, -0.2) is 9.97 Å². The van der Waals surface area contributed by atoms with Gasteiger partial charge in [0, 0.05) is 25.2 Å². The smallest absolute Gasteiger partial charge is 0.137 e. The van der Waals surface area contributed by atoms with E-state index in [0.29, 0.717) is 6.04 Å². The van der Waals surface area contributed by atoms with E-state index in [-0.39, 0.29) is 0 Å². The number of hydrogen-bond donors (Lipinski definition) is 1. The maximum atomic E-state index is 4.55. The van der Waals surface area contributed by atoms with Gasteiger partial charge in [0.1, 0.15) is 18.0 Å². The van der Waals surface area contributed by atoms with Crippen molar-refractivity contribution in [3.8, 4) is 0 Å². The summed E-state index contributed by atoms with van der Waals surface area (Å²) in [5.41, 5.74) is 1.27. The highest BCUT2D eigenvalue weighted by Crippen LogP contribution is 2.29. The fraction of sp³-hybridized carbons (Fsp3) is 0.714. The first-order valence-electron chi connectivity index (χ1n) is 7.06.